The van der Waals surface area contributed by atoms with Crippen molar-refractivity contribution in [2.75, 3.05) is 6.61 Å². The van der Waals surface area contributed by atoms with Gasteiger partial charge in [-0.15, -0.1) is 5.10 Å². The van der Waals surface area contributed by atoms with E-state index in [0.29, 0.717) is 0 Å². The molecule has 2 rings (SSSR count). The molecule has 0 radical (unpaired) electrons. The summed E-state index contributed by atoms with van der Waals surface area (Å²) >= 11 is 0. The molecule has 0 aliphatic carbocycles. The predicted octanol–water partition coefficient (Wildman–Crippen LogP) is -10.0. The van der Waals surface area contributed by atoms with Crippen LogP contribution in [0.5, 0.6) is 0 Å². The molecule has 1 unspecified atom stereocenters. The second-order valence-corrected chi connectivity index (χ2v) is 7.49. The Labute approximate surface area is 175 Å². The molecule has 0 bridgehead atoms. The zero-order valence-corrected chi connectivity index (χ0v) is 15.8. The van der Waals surface area contributed by atoms with Crippen LogP contribution in [0.4, 0.5) is 0 Å². The Hall–Kier alpha value is -0.0552. The van der Waals surface area contributed by atoms with E-state index in [0.717, 1.165) is 11.0 Å². The van der Waals surface area contributed by atoms with Gasteiger partial charge in [-0.2, -0.15) is 0 Å². The summed E-state index contributed by atoms with van der Waals surface area (Å²) in [5.74, 6) is -1.34. The van der Waals surface area contributed by atoms with Gasteiger partial charge in [0.1, 0.15) is 24.6 Å². The van der Waals surface area contributed by atoms with E-state index in [9.17, 15) is 33.9 Å². The molecular formula is C8H12Li2N4O11P2. The second kappa shape index (κ2) is 10.1. The summed E-state index contributed by atoms with van der Waals surface area (Å²) in [7, 11) is -11.1. The van der Waals surface area contributed by atoms with Gasteiger partial charge in [-0.25, -0.2) is 14.2 Å². The average molecular weight is 416 g/mol. The normalized spacial score (nSPS) is 27.3. The fourth-order valence-corrected chi connectivity index (χ4v) is 3.45. The number of aliphatic hydroxyl groups is 2. The number of phosphoric acid groups is 2. The van der Waals surface area contributed by atoms with Crippen LogP contribution in [0.25, 0.3) is 0 Å². The first-order chi connectivity index (χ1) is 11.4. The number of hydrogen-bond acceptors (Lipinski definition) is 12. The fourth-order valence-electron chi connectivity index (χ4n) is 1.91. The molecule has 0 aromatic carbocycles. The standard InChI is InChI=1S/C8H14N4O11P2.2Li/c9-6(15)7-10-2-12(11-7)8-5(14)4(13)3(22-8)1-21-25(19,20)23-24(16,17)18;;/h2-5,8,13-14H,1H2,(H2,9,15)(H,19,20)(H2,16,17,18);;/q;2*+1/p-2/t3-,4-,5-,8-;;/m1../s1. The van der Waals surface area contributed by atoms with Crippen LogP contribution in [0, 0.1) is 0 Å². The van der Waals surface area contributed by atoms with Crippen LogP contribution in [-0.4, -0.2) is 60.7 Å². The molecule has 1 aliphatic rings. The summed E-state index contributed by atoms with van der Waals surface area (Å²) in [6, 6.07) is 0. The number of rotatable bonds is 7. The van der Waals surface area contributed by atoms with Crippen LogP contribution in [0.1, 0.15) is 16.8 Å². The summed E-state index contributed by atoms with van der Waals surface area (Å²) in [4.78, 5) is 44.2. The van der Waals surface area contributed by atoms with Gasteiger partial charge in [0.15, 0.2) is 6.23 Å². The van der Waals surface area contributed by atoms with E-state index in [1.54, 1.807) is 0 Å². The minimum atomic E-state index is -5.80. The number of primary amides is 1. The van der Waals surface area contributed by atoms with Crippen molar-refractivity contribution in [1.29, 1.82) is 0 Å². The number of hydrogen-bond donors (Lipinski definition) is 4. The van der Waals surface area contributed by atoms with Crippen LogP contribution in [0.15, 0.2) is 6.33 Å². The molecule has 2 heterocycles. The van der Waals surface area contributed by atoms with E-state index >= 15 is 0 Å². The van der Waals surface area contributed by atoms with E-state index < -0.39 is 52.7 Å². The minimum absolute atomic E-state index is 0. The summed E-state index contributed by atoms with van der Waals surface area (Å²) in [5.41, 5.74) is 4.96. The number of ether oxygens (including phenoxy) is 1. The molecule has 27 heavy (non-hydrogen) atoms. The number of nitrogens with zero attached hydrogens (tertiary/aromatic N) is 3. The Bertz CT molecular complexity index is 744. The molecule has 142 valence electrons. The van der Waals surface area contributed by atoms with Crippen molar-refractivity contribution in [3.05, 3.63) is 12.2 Å². The third-order valence-corrected chi connectivity index (χ3v) is 5.03. The number of carbonyl (C=O) groups is 1. The topological polar surface area (TPSA) is 242 Å². The van der Waals surface area contributed by atoms with Gasteiger partial charge in [0.05, 0.1) is 14.4 Å². The second-order valence-electron chi connectivity index (χ2n) is 4.75. The van der Waals surface area contributed by atoms with Crippen LogP contribution in [0.3, 0.4) is 0 Å². The van der Waals surface area contributed by atoms with Crippen LogP contribution >= 0.6 is 15.6 Å². The van der Waals surface area contributed by atoms with Crippen molar-refractivity contribution in [3.8, 4) is 0 Å². The Morgan fingerprint density at radius 1 is 1.33 bits per heavy atom. The van der Waals surface area contributed by atoms with Crippen LogP contribution < -0.4 is 53.2 Å². The Morgan fingerprint density at radius 3 is 2.41 bits per heavy atom. The van der Waals surface area contributed by atoms with Gasteiger partial charge >= 0.3 is 45.5 Å². The number of amides is 1. The predicted molar refractivity (Wildman–Crippen MR) is 68.9 cm³/mol. The summed E-state index contributed by atoms with van der Waals surface area (Å²) in [6.07, 6.45) is -5.07. The third kappa shape index (κ3) is 7.36. The van der Waals surface area contributed by atoms with Gasteiger partial charge in [0, 0.05) is 0 Å². The number of aromatic nitrogens is 3. The SMILES string of the molecule is NC(=O)c1ncn([C@@H]2O[C@H](COP(=O)(O)OP(=O)([O-])[O-])[C@@H](O)[C@H]2O)n1.[Li+].[Li+]. The summed E-state index contributed by atoms with van der Waals surface area (Å²) < 4.78 is 35.2. The number of aliphatic hydroxyl groups excluding tert-OH is 2. The van der Waals surface area contributed by atoms with E-state index in [-0.39, 0.29) is 43.5 Å². The monoisotopic (exact) mass is 416 g/mol. The van der Waals surface area contributed by atoms with Crippen molar-refractivity contribution in [1.82, 2.24) is 14.8 Å². The first-order valence-electron chi connectivity index (χ1n) is 6.33. The van der Waals surface area contributed by atoms with Gasteiger partial charge in [0.2, 0.25) is 5.82 Å². The van der Waals surface area contributed by atoms with E-state index in [1.165, 1.54) is 0 Å². The molecule has 1 fully saturated rings. The molecule has 0 spiro atoms. The maximum absolute atomic E-state index is 11.3. The average Bonchev–Trinajstić information content (AvgIpc) is 3.02. The van der Waals surface area contributed by atoms with Crippen molar-refractivity contribution < 1.29 is 90.1 Å². The molecule has 5 N–H and O–H groups in total. The van der Waals surface area contributed by atoms with E-state index in [4.69, 9.17) is 15.4 Å². The van der Waals surface area contributed by atoms with Gasteiger partial charge in [-0.05, 0) is 0 Å². The van der Waals surface area contributed by atoms with Crippen molar-refractivity contribution in [3.63, 3.8) is 0 Å². The molecule has 1 aromatic rings. The summed E-state index contributed by atoms with van der Waals surface area (Å²) in [5, 5.41) is 23.4. The quantitative estimate of drug-likeness (QED) is 0.239. The summed E-state index contributed by atoms with van der Waals surface area (Å²) in [6.45, 7) is -0.917. The maximum Gasteiger partial charge on any atom is 1.00 e. The molecule has 1 aliphatic heterocycles. The van der Waals surface area contributed by atoms with Crippen molar-refractivity contribution in [2.24, 2.45) is 5.73 Å². The van der Waals surface area contributed by atoms with Crippen molar-refractivity contribution >= 4 is 21.6 Å². The molecule has 1 saturated heterocycles. The van der Waals surface area contributed by atoms with Gasteiger partial charge in [-0.1, -0.05) is 0 Å². The minimum Gasteiger partial charge on any atom is -0.789 e. The first-order valence-corrected chi connectivity index (χ1v) is 9.28. The molecule has 1 aromatic heterocycles. The van der Waals surface area contributed by atoms with E-state index in [2.05, 4.69) is 18.9 Å². The third-order valence-electron chi connectivity index (χ3n) is 2.93. The van der Waals surface area contributed by atoms with Gasteiger partial charge in [0.25, 0.3) is 5.91 Å². The smallest absolute Gasteiger partial charge is 0.789 e. The first kappa shape index (κ1) is 26.9. The van der Waals surface area contributed by atoms with Gasteiger partial charge in [-0.3, -0.25) is 13.6 Å². The Morgan fingerprint density at radius 2 is 1.93 bits per heavy atom. The van der Waals surface area contributed by atoms with Gasteiger partial charge < -0.3 is 39.9 Å². The van der Waals surface area contributed by atoms with Crippen molar-refractivity contribution in [2.45, 2.75) is 24.5 Å². The van der Waals surface area contributed by atoms with Crippen LogP contribution in [0.2, 0.25) is 0 Å². The zero-order valence-electron chi connectivity index (χ0n) is 14.0. The maximum atomic E-state index is 11.3. The molecule has 0 saturated carbocycles. The largest absolute Gasteiger partial charge is 1.00 e. The molecule has 19 heteroatoms. The fraction of sp³-hybridized carbons (Fsp3) is 0.625. The molecule has 5 atom stereocenters. The molecular weight excluding hydrogens is 404 g/mol. The molecule has 1 amide bonds. The Balaban J connectivity index is 0.00000338. The number of nitrogens with two attached hydrogens (primary N) is 1. The van der Waals surface area contributed by atoms with Crippen LogP contribution in [-0.2, 0) is 22.7 Å². The Kier molecular flexibility index (Phi) is 10.1. The number of carbonyl (C=O) groups excluding carboxylic acids is 1. The zero-order chi connectivity index (χ0) is 19.0. The van der Waals surface area contributed by atoms with E-state index in [1.807, 2.05) is 0 Å². The molecule has 15 nitrogen and oxygen atoms in total. The number of phosphoric ester groups is 1.